The molecule has 0 amide bonds. The molecule has 0 radical (unpaired) electrons. The van der Waals surface area contributed by atoms with Crippen molar-refractivity contribution in [3.63, 3.8) is 0 Å². The summed E-state index contributed by atoms with van der Waals surface area (Å²) in [5.41, 5.74) is 6.66. The predicted molar refractivity (Wildman–Crippen MR) is 72.2 cm³/mol. The van der Waals surface area contributed by atoms with E-state index in [4.69, 9.17) is 15.7 Å². The summed E-state index contributed by atoms with van der Waals surface area (Å²) in [5.74, 6) is 0.428. The van der Waals surface area contributed by atoms with E-state index in [-0.39, 0.29) is 6.10 Å². The van der Waals surface area contributed by atoms with E-state index in [1.165, 1.54) is 25.5 Å². The van der Waals surface area contributed by atoms with E-state index in [0.717, 1.165) is 12.8 Å². The molecule has 0 fully saturated rings. The summed E-state index contributed by atoms with van der Waals surface area (Å²) in [6, 6.07) is 3.59. The molecule has 1 heterocycles. The van der Waals surface area contributed by atoms with Crippen molar-refractivity contribution < 1.29 is 4.74 Å². The molecule has 0 saturated heterocycles. The van der Waals surface area contributed by atoms with Crippen LogP contribution < -0.4 is 10.5 Å². The van der Waals surface area contributed by atoms with Gasteiger partial charge in [0.05, 0.1) is 17.4 Å². The number of hydrogen-bond acceptors (Lipinski definition) is 4. The van der Waals surface area contributed by atoms with Crippen LogP contribution in [-0.4, -0.2) is 11.1 Å². The second-order valence-corrected chi connectivity index (χ2v) is 4.51. The van der Waals surface area contributed by atoms with E-state index >= 15 is 0 Å². The first kappa shape index (κ1) is 14.3. The fourth-order valence-electron chi connectivity index (χ4n) is 1.74. The van der Waals surface area contributed by atoms with Gasteiger partial charge in [0.1, 0.15) is 6.07 Å². The lowest BCUT2D eigenvalue weighted by molar-refractivity contribution is 0.199. The molecule has 2 N–H and O–H groups in total. The van der Waals surface area contributed by atoms with Crippen molar-refractivity contribution in [1.82, 2.24) is 4.98 Å². The van der Waals surface area contributed by atoms with Crippen LogP contribution in [0.2, 0.25) is 0 Å². The van der Waals surface area contributed by atoms with Gasteiger partial charge in [-0.25, -0.2) is 4.98 Å². The van der Waals surface area contributed by atoms with Crippen LogP contribution in [0.3, 0.4) is 0 Å². The van der Waals surface area contributed by atoms with E-state index in [9.17, 15) is 0 Å². The smallest absolute Gasteiger partial charge is 0.237 e. The Hall–Kier alpha value is -1.76. The Bertz CT molecular complexity index is 412. The highest BCUT2D eigenvalue weighted by molar-refractivity contribution is 5.51. The van der Waals surface area contributed by atoms with E-state index in [2.05, 4.69) is 11.9 Å². The lowest BCUT2D eigenvalue weighted by atomic mass is 10.1. The van der Waals surface area contributed by atoms with Crippen LogP contribution in [-0.2, 0) is 0 Å². The summed E-state index contributed by atoms with van der Waals surface area (Å²) in [5, 5.41) is 8.72. The second-order valence-electron chi connectivity index (χ2n) is 4.51. The highest BCUT2D eigenvalue weighted by Gasteiger charge is 2.08. The van der Waals surface area contributed by atoms with Crippen LogP contribution in [0.5, 0.6) is 5.88 Å². The van der Waals surface area contributed by atoms with Crippen LogP contribution in [0.1, 0.15) is 51.5 Å². The molecule has 4 heteroatoms. The average molecular weight is 247 g/mol. The zero-order valence-corrected chi connectivity index (χ0v) is 11.1. The number of anilines is 1. The van der Waals surface area contributed by atoms with Gasteiger partial charge in [-0.1, -0.05) is 26.2 Å². The molecule has 0 aromatic carbocycles. The molecule has 1 atom stereocenters. The molecule has 1 aromatic heterocycles. The van der Waals surface area contributed by atoms with Crippen LogP contribution in [0.15, 0.2) is 12.3 Å². The molecule has 1 aromatic rings. The number of rotatable bonds is 7. The molecule has 0 saturated carbocycles. The Morgan fingerprint density at radius 2 is 2.22 bits per heavy atom. The van der Waals surface area contributed by atoms with Crippen molar-refractivity contribution in [1.29, 1.82) is 5.26 Å². The lowest BCUT2D eigenvalue weighted by Gasteiger charge is -2.15. The van der Waals surface area contributed by atoms with Crippen LogP contribution in [0, 0.1) is 11.3 Å². The average Bonchev–Trinajstić information content (AvgIpc) is 2.37. The van der Waals surface area contributed by atoms with Crippen molar-refractivity contribution in [2.75, 3.05) is 5.73 Å². The topological polar surface area (TPSA) is 71.9 Å². The van der Waals surface area contributed by atoms with Gasteiger partial charge < -0.3 is 10.5 Å². The van der Waals surface area contributed by atoms with Crippen molar-refractivity contribution in [3.8, 4) is 11.9 Å². The van der Waals surface area contributed by atoms with E-state index in [1.807, 2.05) is 13.0 Å². The molecule has 18 heavy (non-hydrogen) atoms. The first-order valence-corrected chi connectivity index (χ1v) is 6.49. The van der Waals surface area contributed by atoms with E-state index < -0.39 is 0 Å². The van der Waals surface area contributed by atoms with Crippen molar-refractivity contribution >= 4 is 5.69 Å². The van der Waals surface area contributed by atoms with Gasteiger partial charge in [0.25, 0.3) is 0 Å². The molecule has 1 unspecified atom stereocenters. The van der Waals surface area contributed by atoms with Gasteiger partial charge >= 0.3 is 0 Å². The number of unbranched alkanes of at least 4 members (excludes halogenated alkanes) is 3. The number of aromatic nitrogens is 1. The molecule has 0 aliphatic heterocycles. The maximum Gasteiger partial charge on any atom is 0.237 e. The third-order valence-corrected chi connectivity index (χ3v) is 2.78. The Balaban J connectivity index is 2.44. The summed E-state index contributed by atoms with van der Waals surface area (Å²) in [6.45, 7) is 4.21. The van der Waals surface area contributed by atoms with Crippen LogP contribution >= 0.6 is 0 Å². The minimum atomic E-state index is 0.101. The van der Waals surface area contributed by atoms with Crippen molar-refractivity contribution in [2.24, 2.45) is 0 Å². The highest BCUT2D eigenvalue weighted by Crippen LogP contribution is 2.21. The Labute approximate surface area is 109 Å². The summed E-state index contributed by atoms with van der Waals surface area (Å²) >= 11 is 0. The number of nitriles is 1. The monoisotopic (exact) mass is 247 g/mol. The Kier molecular flexibility index (Phi) is 5.99. The van der Waals surface area contributed by atoms with Crippen LogP contribution in [0.4, 0.5) is 5.69 Å². The second kappa shape index (κ2) is 7.54. The molecule has 0 aliphatic carbocycles. The SMILES string of the molecule is CCCCCCC(C)Oc1ncc(C#N)cc1N. The third-order valence-electron chi connectivity index (χ3n) is 2.78. The van der Waals surface area contributed by atoms with E-state index in [1.54, 1.807) is 6.07 Å². The van der Waals surface area contributed by atoms with Crippen LogP contribution in [0.25, 0.3) is 0 Å². The van der Waals surface area contributed by atoms with Gasteiger partial charge in [0.2, 0.25) is 5.88 Å². The summed E-state index contributed by atoms with van der Waals surface area (Å²) in [4.78, 5) is 4.06. The van der Waals surface area contributed by atoms with Gasteiger partial charge in [-0.15, -0.1) is 0 Å². The first-order valence-electron chi connectivity index (χ1n) is 6.49. The zero-order valence-electron chi connectivity index (χ0n) is 11.1. The van der Waals surface area contributed by atoms with Crippen molar-refractivity contribution in [2.45, 2.75) is 52.1 Å². The number of nitrogens with zero attached hydrogens (tertiary/aromatic N) is 2. The summed E-state index contributed by atoms with van der Waals surface area (Å²) in [6.07, 6.45) is 7.48. The molecular weight excluding hydrogens is 226 g/mol. The quantitative estimate of drug-likeness (QED) is 0.750. The van der Waals surface area contributed by atoms with Crippen molar-refractivity contribution in [3.05, 3.63) is 17.8 Å². The molecule has 4 nitrogen and oxygen atoms in total. The third kappa shape index (κ3) is 4.62. The number of hydrogen-bond donors (Lipinski definition) is 1. The Morgan fingerprint density at radius 3 is 2.83 bits per heavy atom. The largest absolute Gasteiger partial charge is 0.473 e. The molecule has 1 rings (SSSR count). The fraction of sp³-hybridized carbons (Fsp3) is 0.571. The maximum absolute atomic E-state index is 8.72. The number of nitrogen functional groups attached to an aromatic ring is 1. The minimum Gasteiger partial charge on any atom is -0.473 e. The number of nitrogens with two attached hydrogens (primary N) is 1. The molecular formula is C14H21N3O. The normalized spacial score (nSPS) is 11.8. The molecule has 98 valence electrons. The molecule has 0 aliphatic rings. The van der Waals surface area contributed by atoms with E-state index in [0.29, 0.717) is 17.1 Å². The summed E-state index contributed by atoms with van der Waals surface area (Å²) in [7, 11) is 0. The zero-order chi connectivity index (χ0) is 13.4. The van der Waals surface area contributed by atoms with Gasteiger partial charge in [-0.2, -0.15) is 5.26 Å². The minimum absolute atomic E-state index is 0.101. The van der Waals surface area contributed by atoms with Gasteiger partial charge in [-0.3, -0.25) is 0 Å². The first-order chi connectivity index (χ1) is 8.67. The Morgan fingerprint density at radius 1 is 1.44 bits per heavy atom. The lowest BCUT2D eigenvalue weighted by Crippen LogP contribution is -2.13. The highest BCUT2D eigenvalue weighted by atomic mass is 16.5. The standard InChI is InChI=1S/C14H21N3O/c1-3-4-5-6-7-11(2)18-14-13(16)8-12(9-15)10-17-14/h8,10-11H,3-7,16H2,1-2H3. The predicted octanol–water partition coefficient (Wildman–Crippen LogP) is 3.27. The molecule has 0 bridgehead atoms. The summed E-state index contributed by atoms with van der Waals surface area (Å²) < 4.78 is 5.68. The number of pyridine rings is 1. The molecule has 0 spiro atoms. The number of ether oxygens (including phenoxy) is 1. The van der Waals surface area contributed by atoms with Gasteiger partial charge in [0, 0.05) is 6.20 Å². The van der Waals surface area contributed by atoms with Gasteiger partial charge in [0.15, 0.2) is 0 Å². The fourth-order valence-corrected chi connectivity index (χ4v) is 1.74. The van der Waals surface area contributed by atoms with Gasteiger partial charge in [-0.05, 0) is 25.8 Å². The maximum atomic E-state index is 8.72.